The molecule has 0 heterocycles. The number of aryl methyl sites for hydroxylation is 2. The summed E-state index contributed by atoms with van der Waals surface area (Å²) in [5.74, 6) is 1.42. The SMILES string of the molecule is CCc1ccc(OCCCC(=O)Nc2cc(C)ccc2OC)c(Br)c1. The van der Waals surface area contributed by atoms with E-state index in [2.05, 4.69) is 40.3 Å². The molecule has 1 N–H and O–H groups in total. The first-order valence-electron chi connectivity index (χ1n) is 8.39. The zero-order valence-electron chi connectivity index (χ0n) is 14.9. The molecule has 4 nitrogen and oxygen atoms in total. The van der Waals surface area contributed by atoms with Crippen LogP contribution in [0.4, 0.5) is 5.69 Å². The van der Waals surface area contributed by atoms with Crippen LogP contribution in [0.1, 0.15) is 30.9 Å². The molecule has 0 saturated heterocycles. The second-order valence-electron chi connectivity index (χ2n) is 5.82. The first-order chi connectivity index (χ1) is 12.0. The van der Waals surface area contributed by atoms with Gasteiger partial charge in [-0.2, -0.15) is 0 Å². The molecule has 0 aliphatic carbocycles. The van der Waals surface area contributed by atoms with Crippen LogP contribution < -0.4 is 14.8 Å². The van der Waals surface area contributed by atoms with Gasteiger partial charge in [0.1, 0.15) is 11.5 Å². The Balaban J connectivity index is 1.80. The van der Waals surface area contributed by atoms with Crippen molar-refractivity contribution in [1.29, 1.82) is 0 Å². The summed E-state index contributed by atoms with van der Waals surface area (Å²) < 4.78 is 12.0. The minimum Gasteiger partial charge on any atom is -0.495 e. The second-order valence-corrected chi connectivity index (χ2v) is 6.68. The van der Waals surface area contributed by atoms with E-state index < -0.39 is 0 Å². The number of anilines is 1. The number of benzene rings is 2. The lowest BCUT2D eigenvalue weighted by Crippen LogP contribution is -2.13. The van der Waals surface area contributed by atoms with E-state index in [-0.39, 0.29) is 5.91 Å². The third kappa shape index (κ3) is 5.78. The molecule has 0 bridgehead atoms. The standard InChI is InChI=1S/C20H24BrNO3/c1-4-15-8-10-18(16(21)13-15)25-11-5-6-20(23)22-17-12-14(2)7-9-19(17)24-3/h7-10,12-13H,4-6,11H2,1-3H3,(H,22,23). The molecule has 1 amide bonds. The lowest BCUT2D eigenvalue weighted by Gasteiger charge is -2.12. The Morgan fingerprint density at radius 2 is 1.92 bits per heavy atom. The molecule has 0 aliphatic rings. The topological polar surface area (TPSA) is 47.6 Å². The Labute approximate surface area is 157 Å². The fourth-order valence-electron chi connectivity index (χ4n) is 2.43. The Bertz CT molecular complexity index is 731. The Hall–Kier alpha value is -2.01. The molecule has 0 unspecified atom stereocenters. The van der Waals surface area contributed by atoms with Crippen molar-refractivity contribution in [1.82, 2.24) is 0 Å². The van der Waals surface area contributed by atoms with Gasteiger partial charge in [0, 0.05) is 6.42 Å². The van der Waals surface area contributed by atoms with Crippen LogP contribution in [-0.2, 0) is 11.2 Å². The predicted octanol–water partition coefficient (Wildman–Crippen LogP) is 5.13. The van der Waals surface area contributed by atoms with Crippen LogP contribution >= 0.6 is 15.9 Å². The zero-order valence-corrected chi connectivity index (χ0v) is 16.5. The molecule has 0 aliphatic heterocycles. The van der Waals surface area contributed by atoms with Crippen LogP contribution in [0, 0.1) is 6.92 Å². The van der Waals surface area contributed by atoms with Crippen molar-refractivity contribution in [3.63, 3.8) is 0 Å². The van der Waals surface area contributed by atoms with Crippen molar-refractivity contribution >= 4 is 27.5 Å². The molecule has 25 heavy (non-hydrogen) atoms. The first-order valence-corrected chi connectivity index (χ1v) is 9.18. The van der Waals surface area contributed by atoms with Gasteiger partial charge in [0.2, 0.25) is 5.91 Å². The van der Waals surface area contributed by atoms with Crippen LogP contribution in [0.15, 0.2) is 40.9 Å². The van der Waals surface area contributed by atoms with E-state index in [1.165, 1.54) is 5.56 Å². The lowest BCUT2D eigenvalue weighted by molar-refractivity contribution is -0.116. The quantitative estimate of drug-likeness (QED) is 0.619. The van der Waals surface area contributed by atoms with Gasteiger partial charge in [0.05, 0.1) is 23.9 Å². The lowest BCUT2D eigenvalue weighted by atomic mass is 10.2. The highest BCUT2D eigenvalue weighted by molar-refractivity contribution is 9.10. The third-order valence-corrected chi connectivity index (χ3v) is 4.46. The van der Waals surface area contributed by atoms with E-state index in [1.54, 1.807) is 7.11 Å². The number of hydrogen-bond donors (Lipinski definition) is 1. The number of halogens is 1. The fraction of sp³-hybridized carbons (Fsp3) is 0.350. The van der Waals surface area contributed by atoms with Crippen LogP contribution in [0.5, 0.6) is 11.5 Å². The highest BCUT2D eigenvalue weighted by atomic mass is 79.9. The van der Waals surface area contributed by atoms with Crippen LogP contribution in [0.2, 0.25) is 0 Å². The summed E-state index contributed by atoms with van der Waals surface area (Å²) in [6, 6.07) is 11.8. The van der Waals surface area contributed by atoms with Gasteiger partial charge < -0.3 is 14.8 Å². The maximum Gasteiger partial charge on any atom is 0.224 e. The molecule has 0 fully saturated rings. The predicted molar refractivity (Wildman–Crippen MR) is 105 cm³/mol. The summed E-state index contributed by atoms with van der Waals surface area (Å²) >= 11 is 3.52. The highest BCUT2D eigenvalue weighted by Crippen LogP contribution is 2.27. The van der Waals surface area contributed by atoms with Crippen molar-refractivity contribution < 1.29 is 14.3 Å². The molecule has 0 saturated carbocycles. The number of methoxy groups -OCH3 is 1. The van der Waals surface area contributed by atoms with E-state index >= 15 is 0 Å². The molecule has 0 radical (unpaired) electrons. The largest absolute Gasteiger partial charge is 0.495 e. The molecule has 2 rings (SSSR count). The van der Waals surface area contributed by atoms with Gasteiger partial charge in [-0.25, -0.2) is 0 Å². The van der Waals surface area contributed by atoms with Crippen LogP contribution in [0.3, 0.4) is 0 Å². The number of hydrogen-bond acceptors (Lipinski definition) is 3. The molecule has 0 aromatic heterocycles. The molecular weight excluding hydrogens is 382 g/mol. The first kappa shape index (κ1) is 19.3. The Kier molecular flexibility index (Phi) is 7.31. The normalized spacial score (nSPS) is 10.4. The number of nitrogens with one attached hydrogen (secondary N) is 1. The van der Waals surface area contributed by atoms with Gasteiger partial charge in [-0.15, -0.1) is 0 Å². The van der Waals surface area contributed by atoms with Crippen LogP contribution in [-0.4, -0.2) is 19.6 Å². The maximum absolute atomic E-state index is 12.1. The van der Waals surface area contributed by atoms with Crippen molar-refractivity contribution in [2.45, 2.75) is 33.1 Å². The Morgan fingerprint density at radius 1 is 1.16 bits per heavy atom. The fourth-order valence-corrected chi connectivity index (χ4v) is 2.97. The van der Waals surface area contributed by atoms with Gasteiger partial charge in [0.15, 0.2) is 0 Å². The molecule has 134 valence electrons. The van der Waals surface area contributed by atoms with E-state index in [1.807, 2.05) is 31.2 Å². The summed E-state index contributed by atoms with van der Waals surface area (Å²) in [5, 5.41) is 2.90. The summed E-state index contributed by atoms with van der Waals surface area (Å²) in [6.07, 6.45) is 2.02. The Morgan fingerprint density at radius 3 is 2.60 bits per heavy atom. The molecule has 5 heteroatoms. The monoisotopic (exact) mass is 405 g/mol. The van der Waals surface area contributed by atoms with Gasteiger partial charge in [-0.3, -0.25) is 4.79 Å². The minimum absolute atomic E-state index is 0.0482. The summed E-state index contributed by atoms with van der Waals surface area (Å²) in [6.45, 7) is 4.58. The molecule has 2 aromatic rings. The maximum atomic E-state index is 12.1. The molecule has 0 spiro atoms. The average Bonchev–Trinajstić information content (AvgIpc) is 2.60. The number of carbonyl (C=O) groups is 1. The summed E-state index contributed by atoms with van der Waals surface area (Å²) in [5.41, 5.74) is 3.02. The molecule has 0 atom stereocenters. The summed E-state index contributed by atoms with van der Waals surface area (Å²) in [4.78, 5) is 12.1. The van der Waals surface area contributed by atoms with E-state index in [4.69, 9.17) is 9.47 Å². The number of amides is 1. The second kappa shape index (κ2) is 9.47. The van der Waals surface area contributed by atoms with Gasteiger partial charge in [0.25, 0.3) is 0 Å². The van der Waals surface area contributed by atoms with E-state index in [0.29, 0.717) is 30.9 Å². The van der Waals surface area contributed by atoms with Gasteiger partial charge in [-0.1, -0.05) is 19.1 Å². The molecular formula is C20H24BrNO3. The van der Waals surface area contributed by atoms with E-state index in [9.17, 15) is 4.79 Å². The minimum atomic E-state index is -0.0482. The third-order valence-electron chi connectivity index (χ3n) is 3.84. The smallest absolute Gasteiger partial charge is 0.224 e. The highest BCUT2D eigenvalue weighted by Gasteiger charge is 2.08. The summed E-state index contributed by atoms with van der Waals surface area (Å²) in [7, 11) is 1.59. The molecule has 2 aromatic carbocycles. The van der Waals surface area contributed by atoms with Crippen molar-refractivity contribution in [3.05, 3.63) is 52.0 Å². The van der Waals surface area contributed by atoms with Gasteiger partial charge >= 0.3 is 0 Å². The van der Waals surface area contributed by atoms with Crippen molar-refractivity contribution in [2.24, 2.45) is 0 Å². The number of rotatable bonds is 8. The zero-order chi connectivity index (χ0) is 18.2. The average molecular weight is 406 g/mol. The van der Waals surface area contributed by atoms with E-state index in [0.717, 1.165) is 22.2 Å². The van der Waals surface area contributed by atoms with Crippen molar-refractivity contribution in [3.8, 4) is 11.5 Å². The van der Waals surface area contributed by atoms with Gasteiger partial charge in [-0.05, 0) is 71.1 Å². The van der Waals surface area contributed by atoms with Crippen LogP contribution in [0.25, 0.3) is 0 Å². The van der Waals surface area contributed by atoms with Crippen molar-refractivity contribution in [2.75, 3.05) is 19.0 Å². The number of carbonyl (C=O) groups excluding carboxylic acids is 1. The number of ether oxygens (including phenoxy) is 2.